The molecule has 0 bridgehead atoms. The quantitative estimate of drug-likeness (QED) is 0.366. The van der Waals surface area contributed by atoms with Crippen molar-refractivity contribution in [2.45, 2.75) is 76.6 Å². The van der Waals surface area contributed by atoms with Crippen LogP contribution in [0.2, 0.25) is 0 Å². The minimum Gasteiger partial charge on any atom is -0.239 e. The predicted octanol–water partition coefficient (Wildman–Crippen LogP) is 9.78. The third kappa shape index (κ3) is 5.12. The van der Waals surface area contributed by atoms with Crippen LogP contribution in [0.3, 0.4) is 0 Å². The van der Waals surface area contributed by atoms with E-state index in [1.165, 1.54) is 38.5 Å². The average molecular weight is 491 g/mol. The zero-order valence-electron chi connectivity index (χ0n) is 21.2. The maximum Gasteiger partial charge on any atom is 0.161 e. The lowest BCUT2D eigenvalue weighted by atomic mass is 9.68. The number of benzene rings is 2. The first-order valence-electron chi connectivity index (χ1n) is 13.6. The molecule has 0 heterocycles. The zero-order valence-corrected chi connectivity index (χ0v) is 21.2. The van der Waals surface area contributed by atoms with Crippen molar-refractivity contribution in [3.63, 3.8) is 0 Å². The first-order valence-corrected chi connectivity index (χ1v) is 13.6. The van der Waals surface area contributed by atoms with Crippen molar-refractivity contribution >= 4 is 5.57 Å². The summed E-state index contributed by atoms with van der Waals surface area (Å²) in [4.78, 5) is 0. The summed E-state index contributed by atoms with van der Waals surface area (Å²) < 4.78 is 43.8. The minimum atomic E-state index is -1.67. The van der Waals surface area contributed by atoms with Crippen LogP contribution in [0.5, 0.6) is 0 Å². The highest BCUT2D eigenvalue weighted by Crippen LogP contribution is 2.44. The minimum absolute atomic E-state index is 0.215. The number of hydrogen-bond acceptors (Lipinski definition) is 0. The molecule has 0 saturated heterocycles. The van der Waals surface area contributed by atoms with Gasteiger partial charge in [0.2, 0.25) is 0 Å². The highest BCUT2D eigenvalue weighted by Gasteiger charge is 2.31. The van der Waals surface area contributed by atoms with Gasteiger partial charge in [-0.05, 0) is 116 Å². The second-order valence-corrected chi connectivity index (χ2v) is 11.2. The van der Waals surface area contributed by atoms with Crippen molar-refractivity contribution in [1.29, 1.82) is 0 Å². The summed E-state index contributed by atoms with van der Waals surface area (Å²) in [7, 11) is 0. The first-order chi connectivity index (χ1) is 17.4. The van der Waals surface area contributed by atoms with Gasteiger partial charge >= 0.3 is 0 Å². The Morgan fingerprint density at radius 2 is 1.36 bits per heavy atom. The van der Waals surface area contributed by atoms with Crippen LogP contribution in [-0.2, 0) is 0 Å². The van der Waals surface area contributed by atoms with Gasteiger partial charge in [0.15, 0.2) is 12.3 Å². The summed E-state index contributed by atoms with van der Waals surface area (Å²) in [5.41, 5.74) is 3.76. The predicted molar refractivity (Wildman–Crippen MR) is 144 cm³/mol. The van der Waals surface area contributed by atoms with Gasteiger partial charge in [0.05, 0.1) is 0 Å². The van der Waals surface area contributed by atoms with Gasteiger partial charge in [-0.3, -0.25) is 0 Å². The van der Waals surface area contributed by atoms with Crippen LogP contribution in [0.15, 0.2) is 72.8 Å². The Kier molecular flexibility index (Phi) is 7.55. The maximum atomic E-state index is 15.2. The molecule has 3 heteroatoms. The van der Waals surface area contributed by atoms with Gasteiger partial charge in [-0.1, -0.05) is 54.6 Å². The van der Waals surface area contributed by atoms with Gasteiger partial charge in [0.1, 0.15) is 5.82 Å². The number of allylic oxidation sites excluding steroid dienone is 5. The lowest BCUT2D eigenvalue weighted by molar-refractivity contribution is 0.171. The van der Waals surface area contributed by atoms with Crippen molar-refractivity contribution in [1.82, 2.24) is 0 Å². The van der Waals surface area contributed by atoms with Gasteiger partial charge in [0, 0.05) is 5.56 Å². The van der Waals surface area contributed by atoms with E-state index >= 15 is 4.39 Å². The van der Waals surface area contributed by atoms with Crippen LogP contribution in [0.1, 0.15) is 75.3 Å². The third-order valence-corrected chi connectivity index (χ3v) is 9.10. The average Bonchev–Trinajstić information content (AvgIpc) is 2.92. The summed E-state index contributed by atoms with van der Waals surface area (Å²) in [6, 6.07) is 12.8. The second kappa shape index (κ2) is 10.8. The molecule has 0 radical (unpaired) electrons. The Bertz CT molecular complexity index is 1130. The SMILES string of the molecule is C=CC1CCC(C2CCC(c3ccc(-c4ccc(C5=CC=C(C)C(F)C5F)cc4)c(F)c3)CC2)CC1. The molecule has 36 heavy (non-hydrogen) atoms. The molecule has 190 valence electrons. The van der Waals surface area contributed by atoms with Crippen LogP contribution >= 0.6 is 0 Å². The number of hydrogen-bond donors (Lipinski definition) is 0. The smallest absolute Gasteiger partial charge is 0.161 e. The molecule has 0 N–H and O–H groups in total. The van der Waals surface area contributed by atoms with Crippen molar-refractivity contribution < 1.29 is 13.2 Å². The number of alkyl halides is 2. The van der Waals surface area contributed by atoms with Crippen LogP contribution in [0.4, 0.5) is 13.2 Å². The molecule has 2 fully saturated rings. The molecule has 2 aromatic rings. The topological polar surface area (TPSA) is 0 Å². The highest BCUT2D eigenvalue weighted by atomic mass is 19.2. The van der Waals surface area contributed by atoms with E-state index in [2.05, 4.69) is 18.7 Å². The maximum absolute atomic E-state index is 15.2. The highest BCUT2D eigenvalue weighted by molar-refractivity contribution is 5.75. The van der Waals surface area contributed by atoms with Crippen molar-refractivity contribution in [2.24, 2.45) is 17.8 Å². The molecule has 2 aromatic carbocycles. The molecule has 2 atom stereocenters. The number of halogens is 3. The Morgan fingerprint density at radius 3 is 1.97 bits per heavy atom. The van der Waals surface area contributed by atoms with Gasteiger partial charge in [-0.25, -0.2) is 13.2 Å². The second-order valence-electron chi connectivity index (χ2n) is 11.2. The molecule has 2 unspecified atom stereocenters. The molecule has 0 aromatic heterocycles. The van der Waals surface area contributed by atoms with Crippen LogP contribution < -0.4 is 0 Å². The van der Waals surface area contributed by atoms with Crippen LogP contribution in [-0.4, -0.2) is 12.3 Å². The summed E-state index contributed by atoms with van der Waals surface area (Å²) in [5, 5.41) is 0. The summed E-state index contributed by atoms with van der Waals surface area (Å²) in [5.74, 6) is 2.61. The molecule has 5 rings (SSSR count). The van der Waals surface area contributed by atoms with E-state index in [-0.39, 0.29) is 5.82 Å². The Balaban J connectivity index is 1.23. The molecule has 0 nitrogen and oxygen atoms in total. The van der Waals surface area contributed by atoms with Gasteiger partial charge in [0.25, 0.3) is 0 Å². The molecular formula is C33H37F3. The summed E-state index contributed by atoms with van der Waals surface area (Å²) >= 11 is 0. The van der Waals surface area contributed by atoms with Gasteiger partial charge in [-0.15, -0.1) is 6.58 Å². The first kappa shape index (κ1) is 25.1. The molecule has 0 spiro atoms. The van der Waals surface area contributed by atoms with Crippen molar-refractivity contribution in [3.8, 4) is 11.1 Å². The van der Waals surface area contributed by atoms with E-state index in [9.17, 15) is 8.78 Å². The number of rotatable bonds is 5. The normalized spacial score (nSPS) is 30.9. The van der Waals surface area contributed by atoms with E-state index in [0.717, 1.165) is 35.8 Å². The molecule has 3 aliphatic carbocycles. The molecule has 0 aliphatic heterocycles. The van der Waals surface area contributed by atoms with E-state index in [1.54, 1.807) is 49.4 Å². The fourth-order valence-corrected chi connectivity index (χ4v) is 6.69. The van der Waals surface area contributed by atoms with Crippen LogP contribution in [0.25, 0.3) is 16.7 Å². The Hall–Kier alpha value is -2.55. The monoisotopic (exact) mass is 490 g/mol. The lowest BCUT2D eigenvalue weighted by Gasteiger charge is -2.37. The Morgan fingerprint density at radius 1 is 0.750 bits per heavy atom. The van der Waals surface area contributed by atoms with E-state index in [0.29, 0.717) is 34.1 Å². The van der Waals surface area contributed by atoms with Crippen LogP contribution in [0, 0.1) is 23.6 Å². The third-order valence-electron chi connectivity index (χ3n) is 9.10. The van der Waals surface area contributed by atoms with E-state index in [1.807, 2.05) is 6.07 Å². The molecule has 0 amide bonds. The van der Waals surface area contributed by atoms with Crippen molar-refractivity contribution in [3.05, 3.63) is 89.8 Å². The van der Waals surface area contributed by atoms with Gasteiger partial charge < -0.3 is 0 Å². The fraction of sp³-hybridized carbons (Fsp3) is 0.455. The zero-order chi connectivity index (χ0) is 25.2. The Labute approximate surface area is 214 Å². The molecule has 3 aliphatic rings. The summed E-state index contributed by atoms with van der Waals surface area (Å²) in [6.45, 7) is 5.57. The summed E-state index contributed by atoms with van der Waals surface area (Å²) in [6.07, 6.45) is 12.2. The molecule has 2 saturated carbocycles. The molecular weight excluding hydrogens is 453 g/mol. The van der Waals surface area contributed by atoms with Crippen molar-refractivity contribution in [2.75, 3.05) is 0 Å². The largest absolute Gasteiger partial charge is 0.239 e. The lowest BCUT2D eigenvalue weighted by Crippen LogP contribution is -2.25. The fourth-order valence-electron chi connectivity index (χ4n) is 6.69. The van der Waals surface area contributed by atoms with E-state index < -0.39 is 12.3 Å². The van der Waals surface area contributed by atoms with Gasteiger partial charge in [-0.2, -0.15) is 0 Å². The van der Waals surface area contributed by atoms with E-state index in [4.69, 9.17) is 0 Å². The standard InChI is InChI=1S/C33H37F3/c1-3-22-5-7-23(8-6-22)24-9-11-25(12-10-24)28-17-19-29(31(34)20-28)26-13-15-27(16-14-26)30-18-4-21(2)32(35)33(30)36/h3-4,13-20,22-25,32-33H,1,5-12H2,2H3.